The molecule has 0 spiro atoms. The van der Waals surface area contributed by atoms with E-state index in [1.54, 1.807) is 0 Å². The van der Waals surface area contributed by atoms with Crippen molar-refractivity contribution in [1.82, 2.24) is 0 Å². The zero-order valence-corrected chi connectivity index (χ0v) is 10.6. The Morgan fingerprint density at radius 2 is 1.47 bits per heavy atom. The summed E-state index contributed by atoms with van der Waals surface area (Å²) >= 11 is 0. The number of hydrogen-bond donors (Lipinski definition) is 3. The topological polar surface area (TPSA) is 77.8 Å². The number of rotatable bonds is 4. The van der Waals surface area contributed by atoms with Crippen LogP contribution in [0, 0.1) is 0 Å². The van der Waals surface area contributed by atoms with Crippen molar-refractivity contribution in [2.24, 2.45) is 0 Å². The number of hydrogen-bond acceptors (Lipinski definition) is 3. The van der Waals surface area contributed by atoms with Crippen LogP contribution in [0.1, 0.15) is 60.3 Å². The van der Waals surface area contributed by atoms with E-state index in [4.69, 9.17) is 15.3 Å². The number of carbonyl (C=O) groups is 1. The molecule has 0 amide bonds. The fourth-order valence-electron chi connectivity index (χ4n) is 0.526. The summed E-state index contributed by atoms with van der Waals surface area (Å²) in [5.74, 6) is -2.18. The lowest BCUT2D eigenvalue weighted by Crippen LogP contribution is -2.15. The van der Waals surface area contributed by atoms with E-state index in [1.807, 2.05) is 13.8 Å². The third-order valence-corrected chi connectivity index (χ3v) is 0.994. The van der Waals surface area contributed by atoms with Crippen LogP contribution in [0.4, 0.5) is 0 Å². The molecule has 0 radical (unpaired) electrons. The Kier molecular flexibility index (Phi) is 17.8. The Morgan fingerprint density at radius 1 is 1.13 bits per heavy atom. The second-order valence-corrected chi connectivity index (χ2v) is 3.35. The van der Waals surface area contributed by atoms with E-state index >= 15 is 0 Å². The summed E-state index contributed by atoms with van der Waals surface area (Å²) in [6, 6.07) is 0. The molecule has 94 valence electrons. The first-order valence-corrected chi connectivity index (χ1v) is 5.44. The molecular formula is C11H26O4. The lowest BCUT2D eigenvalue weighted by Gasteiger charge is -2.03. The third-order valence-electron chi connectivity index (χ3n) is 0.994. The van der Waals surface area contributed by atoms with Crippen LogP contribution in [0.25, 0.3) is 0 Å². The van der Waals surface area contributed by atoms with Crippen molar-refractivity contribution < 1.29 is 20.1 Å². The van der Waals surface area contributed by atoms with Gasteiger partial charge in [0, 0.05) is 6.42 Å². The van der Waals surface area contributed by atoms with Gasteiger partial charge in [-0.1, -0.05) is 33.6 Å². The molecule has 4 nitrogen and oxygen atoms in total. The van der Waals surface area contributed by atoms with E-state index in [9.17, 15) is 4.79 Å². The molecule has 15 heavy (non-hydrogen) atoms. The van der Waals surface area contributed by atoms with Crippen LogP contribution >= 0.6 is 0 Å². The molecule has 0 atom stereocenters. The summed E-state index contributed by atoms with van der Waals surface area (Å²) in [5, 5.41) is 24.3. The molecule has 0 aromatic heterocycles. The number of carboxylic acid groups (broad SMARTS) is 1. The lowest BCUT2D eigenvalue weighted by atomic mass is 10.2. The molecule has 0 aliphatic heterocycles. The first kappa shape index (κ1) is 19.9. The Balaban J connectivity index is -0.000000177. The van der Waals surface area contributed by atoms with Crippen LogP contribution in [0.3, 0.4) is 0 Å². The van der Waals surface area contributed by atoms with Gasteiger partial charge >= 0.3 is 5.97 Å². The summed E-state index contributed by atoms with van der Waals surface area (Å²) < 4.78 is 0. The molecule has 0 bridgehead atoms. The highest BCUT2D eigenvalue weighted by molar-refractivity contribution is 5.66. The number of aliphatic hydroxyl groups is 2. The second-order valence-electron chi connectivity index (χ2n) is 3.35. The first-order chi connectivity index (χ1) is 6.77. The summed E-state index contributed by atoms with van der Waals surface area (Å²) in [6.45, 7) is 8.65. The maximum absolute atomic E-state index is 9.87. The SMILES string of the molecule is CC.CC(C)(O)O.CCCCCC(=O)O. The first-order valence-electron chi connectivity index (χ1n) is 5.44. The van der Waals surface area contributed by atoms with Crippen molar-refractivity contribution in [2.45, 2.75) is 66.1 Å². The lowest BCUT2D eigenvalue weighted by molar-refractivity contribution is -0.137. The summed E-state index contributed by atoms with van der Waals surface area (Å²) in [6.07, 6.45) is 3.28. The molecule has 0 aliphatic carbocycles. The van der Waals surface area contributed by atoms with Crippen LogP contribution in [0.2, 0.25) is 0 Å². The van der Waals surface area contributed by atoms with Gasteiger partial charge in [-0.15, -0.1) is 0 Å². The van der Waals surface area contributed by atoms with E-state index in [2.05, 4.69) is 6.92 Å². The standard InChI is InChI=1S/C6H12O2.C3H8O2.C2H6/c1-2-3-4-5-6(7)8;1-3(2,4)5;1-2/h2-5H2,1H3,(H,7,8);4-5H,1-2H3;1-2H3. The molecule has 3 N–H and O–H groups in total. The van der Waals surface area contributed by atoms with Crippen molar-refractivity contribution in [2.75, 3.05) is 0 Å². The average Bonchev–Trinajstić information content (AvgIpc) is 2.05. The van der Waals surface area contributed by atoms with E-state index in [0.29, 0.717) is 6.42 Å². The van der Waals surface area contributed by atoms with Gasteiger partial charge < -0.3 is 15.3 Å². The van der Waals surface area contributed by atoms with Crippen molar-refractivity contribution in [3.05, 3.63) is 0 Å². The van der Waals surface area contributed by atoms with Gasteiger partial charge in [0.1, 0.15) is 0 Å². The second kappa shape index (κ2) is 13.4. The maximum Gasteiger partial charge on any atom is 0.303 e. The molecule has 0 rings (SSSR count). The van der Waals surface area contributed by atoms with Crippen molar-refractivity contribution in [3.63, 3.8) is 0 Å². The minimum Gasteiger partial charge on any atom is -0.481 e. The molecule has 0 heterocycles. The maximum atomic E-state index is 9.87. The molecule has 0 unspecified atom stereocenters. The fraction of sp³-hybridized carbons (Fsp3) is 0.909. The smallest absolute Gasteiger partial charge is 0.303 e. The van der Waals surface area contributed by atoms with E-state index in [0.717, 1.165) is 19.3 Å². The van der Waals surface area contributed by atoms with Crippen LogP contribution in [0.15, 0.2) is 0 Å². The number of aliphatic carboxylic acids is 1. The van der Waals surface area contributed by atoms with Gasteiger partial charge in [0.05, 0.1) is 0 Å². The zero-order valence-electron chi connectivity index (χ0n) is 10.6. The van der Waals surface area contributed by atoms with Crippen LogP contribution in [-0.4, -0.2) is 27.1 Å². The highest BCUT2D eigenvalue weighted by Gasteiger charge is 2.00. The van der Waals surface area contributed by atoms with E-state index in [1.165, 1.54) is 13.8 Å². The Labute approximate surface area is 92.9 Å². The quantitative estimate of drug-likeness (QED) is 0.504. The largest absolute Gasteiger partial charge is 0.481 e. The fourth-order valence-corrected chi connectivity index (χ4v) is 0.526. The Hall–Kier alpha value is -0.610. The highest BCUT2D eigenvalue weighted by Crippen LogP contribution is 1.97. The Bertz CT molecular complexity index is 121. The van der Waals surface area contributed by atoms with Gasteiger partial charge in [-0.25, -0.2) is 0 Å². The molecule has 0 aliphatic rings. The van der Waals surface area contributed by atoms with Crippen LogP contribution in [0.5, 0.6) is 0 Å². The molecule has 0 saturated carbocycles. The summed E-state index contributed by atoms with van der Waals surface area (Å²) in [5.41, 5.74) is 0. The van der Waals surface area contributed by atoms with Gasteiger partial charge in [0.15, 0.2) is 5.79 Å². The minimum atomic E-state index is -1.50. The van der Waals surface area contributed by atoms with Crippen LogP contribution < -0.4 is 0 Å². The van der Waals surface area contributed by atoms with Gasteiger partial charge in [0.25, 0.3) is 0 Å². The van der Waals surface area contributed by atoms with Crippen LogP contribution in [-0.2, 0) is 4.79 Å². The number of carboxylic acids is 1. The molecule has 0 saturated heterocycles. The molecule has 4 heteroatoms. The highest BCUT2D eigenvalue weighted by atomic mass is 16.5. The summed E-state index contributed by atoms with van der Waals surface area (Å²) in [4.78, 5) is 9.87. The normalized spacial score (nSPS) is 9.27. The van der Waals surface area contributed by atoms with Crippen molar-refractivity contribution >= 4 is 5.97 Å². The van der Waals surface area contributed by atoms with Gasteiger partial charge in [-0.05, 0) is 20.3 Å². The predicted molar refractivity (Wildman–Crippen MR) is 61.6 cm³/mol. The number of unbranched alkanes of at least 4 members (excludes halogenated alkanes) is 2. The Morgan fingerprint density at radius 3 is 1.67 bits per heavy atom. The minimum absolute atomic E-state index is 0.327. The van der Waals surface area contributed by atoms with E-state index in [-0.39, 0.29) is 0 Å². The summed E-state index contributed by atoms with van der Waals surface area (Å²) in [7, 11) is 0. The predicted octanol–water partition coefficient (Wildman–Crippen LogP) is 2.38. The van der Waals surface area contributed by atoms with Crippen molar-refractivity contribution in [1.29, 1.82) is 0 Å². The van der Waals surface area contributed by atoms with Gasteiger partial charge in [-0.3, -0.25) is 4.79 Å². The molecule has 0 aromatic carbocycles. The van der Waals surface area contributed by atoms with Gasteiger partial charge in [0.2, 0.25) is 0 Å². The monoisotopic (exact) mass is 222 g/mol. The molecule has 0 fully saturated rings. The van der Waals surface area contributed by atoms with Crippen molar-refractivity contribution in [3.8, 4) is 0 Å². The van der Waals surface area contributed by atoms with E-state index < -0.39 is 11.8 Å². The average molecular weight is 222 g/mol. The van der Waals surface area contributed by atoms with Gasteiger partial charge in [-0.2, -0.15) is 0 Å². The third kappa shape index (κ3) is 90.1. The molecular weight excluding hydrogens is 196 g/mol. The zero-order chi connectivity index (χ0) is 12.9. The molecule has 0 aromatic rings.